The summed E-state index contributed by atoms with van der Waals surface area (Å²) in [6, 6.07) is 9.61. The minimum absolute atomic E-state index is 0.0149. The Labute approximate surface area is 125 Å². The molecule has 0 fully saturated rings. The number of benzene rings is 1. The minimum atomic E-state index is 0.0149. The van der Waals surface area contributed by atoms with E-state index in [1.165, 1.54) is 0 Å². The maximum absolute atomic E-state index is 11.8. The van der Waals surface area contributed by atoms with Gasteiger partial charge >= 0.3 is 0 Å². The minimum Gasteiger partial charge on any atom is -0.326 e. The Morgan fingerprint density at radius 2 is 1.90 bits per heavy atom. The average molecular weight is 286 g/mol. The molecule has 1 aromatic carbocycles. The van der Waals surface area contributed by atoms with E-state index < -0.39 is 0 Å². The van der Waals surface area contributed by atoms with Crippen molar-refractivity contribution in [2.24, 2.45) is 0 Å². The number of anilines is 1. The zero-order valence-electron chi connectivity index (χ0n) is 12.7. The van der Waals surface area contributed by atoms with E-state index in [1.807, 2.05) is 30.3 Å². The third-order valence-corrected chi connectivity index (χ3v) is 2.99. The number of nitrogens with zero attached hydrogens (tertiary/aromatic N) is 1. The SMILES string of the molecule is CC(C)(C)NCCC(=O)Nc1ccc(-c2ccn[nH]2)cc1. The fourth-order valence-corrected chi connectivity index (χ4v) is 1.92. The summed E-state index contributed by atoms with van der Waals surface area (Å²) >= 11 is 0. The number of carbonyl (C=O) groups is 1. The molecule has 1 heterocycles. The summed E-state index contributed by atoms with van der Waals surface area (Å²) in [4.78, 5) is 11.8. The summed E-state index contributed by atoms with van der Waals surface area (Å²) in [6.07, 6.45) is 2.17. The zero-order valence-corrected chi connectivity index (χ0v) is 12.7. The van der Waals surface area contributed by atoms with Crippen LogP contribution in [0, 0.1) is 0 Å². The van der Waals surface area contributed by atoms with Gasteiger partial charge in [-0.05, 0) is 44.5 Å². The number of aromatic nitrogens is 2. The predicted molar refractivity (Wildman–Crippen MR) is 85.0 cm³/mol. The van der Waals surface area contributed by atoms with E-state index in [2.05, 4.69) is 41.6 Å². The third kappa shape index (κ3) is 5.04. The number of nitrogens with one attached hydrogen (secondary N) is 3. The van der Waals surface area contributed by atoms with Crippen LogP contribution in [0.5, 0.6) is 0 Å². The summed E-state index contributed by atoms with van der Waals surface area (Å²) < 4.78 is 0. The maximum atomic E-state index is 11.8. The van der Waals surface area contributed by atoms with E-state index in [1.54, 1.807) is 6.20 Å². The molecule has 0 saturated carbocycles. The van der Waals surface area contributed by atoms with E-state index >= 15 is 0 Å². The van der Waals surface area contributed by atoms with Gasteiger partial charge in [-0.3, -0.25) is 9.89 Å². The average Bonchev–Trinajstić information content (AvgIpc) is 2.92. The van der Waals surface area contributed by atoms with Crippen LogP contribution in [0.3, 0.4) is 0 Å². The van der Waals surface area contributed by atoms with Crippen molar-refractivity contribution >= 4 is 11.6 Å². The van der Waals surface area contributed by atoms with Crippen LogP contribution < -0.4 is 10.6 Å². The molecule has 5 heteroatoms. The lowest BCUT2D eigenvalue weighted by atomic mass is 10.1. The first-order chi connectivity index (χ1) is 9.94. The Hall–Kier alpha value is -2.14. The Morgan fingerprint density at radius 1 is 1.19 bits per heavy atom. The highest BCUT2D eigenvalue weighted by Gasteiger charge is 2.09. The second kappa shape index (κ2) is 6.54. The Kier molecular flexibility index (Phi) is 4.75. The van der Waals surface area contributed by atoms with Crippen molar-refractivity contribution in [3.05, 3.63) is 36.5 Å². The lowest BCUT2D eigenvalue weighted by Gasteiger charge is -2.20. The quantitative estimate of drug-likeness (QED) is 0.791. The Balaban J connectivity index is 1.84. The molecular weight excluding hydrogens is 264 g/mol. The van der Waals surface area contributed by atoms with Gasteiger partial charge in [-0.15, -0.1) is 0 Å². The smallest absolute Gasteiger partial charge is 0.225 e. The molecule has 0 saturated heterocycles. The molecule has 0 bridgehead atoms. The number of amides is 1. The van der Waals surface area contributed by atoms with Gasteiger partial charge in [0, 0.05) is 30.4 Å². The van der Waals surface area contributed by atoms with Gasteiger partial charge in [0.1, 0.15) is 0 Å². The van der Waals surface area contributed by atoms with Crippen LogP contribution in [-0.2, 0) is 4.79 Å². The van der Waals surface area contributed by atoms with Crippen LogP contribution in [0.2, 0.25) is 0 Å². The predicted octanol–water partition coefficient (Wildman–Crippen LogP) is 2.79. The van der Waals surface area contributed by atoms with Crippen LogP contribution in [-0.4, -0.2) is 28.2 Å². The summed E-state index contributed by atoms with van der Waals surface area (Å²) in [5.74, 6) is 0.0149. The number of rotatable bonds is 5. The molecule has 0 aliphatic heterocycles. The van der Waals surface area contributed by atoms with Gasteiger partial charge < -0.3 is 10.6 Å². The standard InChI is InChI=1S/C16H22N4O/c1-16(2,3)17-10-9-15(21)19-13-6-4-12(5-7-13)14-8-11-18-20-14/h4-8,11,17H,9-10H2,1-3H3,(H,18,20)(H,19,21). The number of hydrogen-bond donors (Lipinski definition) is 3. The monoisotopic (exact) mass is 286 g/mol. The molecule has 1 aromatic heterocycles. The number of aromatic amines is 1. The van der Waals surface area contributed by atoms with Gasteiger partial charge in [-0.1, -0.05) is 12.1 Å². The van der Waals surface area contributed by atoms with E-state index in [0.717, 1.165) is 16.9 Å². The van der Waals surface area contributed by atoms with Crippen molar-refractivity contribution in [2.75, 3.05) is 11.9 Å². The molecule has 1 amide bonds. The summed E-state index contributed by atoms with van der Waals surface area (Å²) in [5.41, 5.74) is 2.84. The van der Waals surface area contributed by atoms with Gasteiger partial charge in [-0.2, -0.15) is 5.10 Å². The largest absolute Gasteiger partial charge is 0.326 e. The number of hydrogen-bond acceptors (Lipinski definition) is 3. The molecule has 112 valence electrons. The normalized spacial score (nSPS) is 11.4. The van der Waals surface area contributed by atoms with Gasteiger partial charge in [0.15, 0.2) is 0 Å². The van der Waals surface area contributed by atoms with E-state index in [4.69, 9.17) is 0 Å². The first kappa shape index (κ1) is 15.3. The van der Waals surface area contributed by atoms with Crippen molar-refractivity contribution in [3.8, 4) is 11.3 Å². The molecule has 0 unspecified atom stereocenters. The van der Waals surface area contributed by atoms with E-state index in [9.17, 15) is 4.79 Å². The third-order valence-electron chi connectivity index (χ3n) is 2.99. The van der Waals surface area contributed by atoms with Gasteiger partial charge in [0.2, 0.25) is 5.91 Å². The lowest BCUT2D eigenvalue weighted by Crippen LogP contribution is -2.37. The fourth-order valence-electron chi connectivity index (χ4n) is 1.92. The van der Waals surface area contributed by atoms with Gasteiger partial charge in [0.05, 0.1) is 5.69 Å². The van der Waals surface area contributed by atoms with Crippen molar-refractivity contribution in [3.63, 3.8) is 0 Å². The molecule has 5 nitrogen and oxygen atoms in total. The van der Waals surface area contributed by atoms with Gasteiger partial charge in [0.25, 0.3) is 0 Å². The topological polar surface area (TPSA) is 69.8 Å². The van der Waals surface area contributed by atoms with Gasteiger partial charge in [-0.25, -0.2) is 0 Å². The zero-order chi connectivity index (χ0) is 15.3. The molecule has 2 rings (SSSR count). The van der Waals surface area contributed by atoms with E-state index in [-0.39, 0.29) is 11.4 Å². The second-order valence-electron chi connectivity index (χ2n) is 6.02. The van der Waals surface area contributed by atoms with E-state index in [0.29, 0.717) is 13.0 Å². The first-order valence-electron chi connectivity index (χ1n) is 7.09. The van der Waals surface area contributed by atoms with Crippen LogP contribution in [0.1, 0.15) is 27.2 Å². The molecule has 0 aliphatic carbocycles. The fraction of sp³-hybridized carbons (Fsp3) is 0.375. The molecule has 0 aliphatic rings. The molecule has 0 atom stereocenters. The van der Waals surface area contributed by atoms with Crippen LogP contribution in [0.4, 0.5) is 5.69 Å². The van der Waals surface area contributed by atoms with Crippen molar-refractivity contribution in [1.29, 1.82) is 0 Å². The van der Waals surface area contributed by atoms with Crippen LogP contribution >= 0.6 is 0 Å². The summed E-state index contributed by atoms with van der Waals surface area (Å²) in [5, 5.41) is 13.0. The summed E-state index contributed by atoms with van der Waals surface area (Å²) in [7, 11) is 0. The van der Waals surface area contributed by atoms with Crippen molar-refractivity contribution < 1.29 is 4.79 Å². The lowest BCUT2D eigenvalue weighted by molar-refractivity contribution is -0.116. The molecule has 2 aromatic rings. The van der Waals surface area contributed by atoms with Crippen molar-refractivity contribution in [1.82, 2.24) is 15.5 Å². The second-order valence-corrected chi connectivity index (χ2v) is 6.02. The number of H-pyrrole nitrogens is 1. The Bertz CT molecular complexity index is 567. The maximum Gasteiger partial charge on any atom is 0.225 e. The molecule has 21 heavy (non-hydrogen) atoms. The van der Waals surface area contributed by atoms with Crippen LogP contribution in [0.15, 0.2) is 36.5 Å². The number of carbonyl (C=O) groups excluding carboxylic acids is 1. The first-order valence-corrected chi connectivity index (χ1v) is 7.09. The Morgan fingerprint density at radius 3 is 2.48 bits per heavy atom. The summed E-state index contributed by atoms with van der Waals surface area (Å²) in [6.45, 7) is 6.92. The van der Waals surface area contributed by atoms with Crippen LogP contribution in [0.25, 0.3) is 11.3 Å². The molecule has 0 spiro atoms. The molecule has 3 N–H and O–H groups in total. The van der Waals surface area contributed by atoms with Crippen molar-refractivity contribution in [2.45, 2.75) is 32.7 Å². The highest BCUT2D eigenvalue weighted by molar-refractivity contribution is 5.91. The molecule has 0 radical (unpaired) electrons. The molecular formula is C16H22N4O. The highest BCUT2D eigenvalue weighted by Crippen LogP contribution is 2.18. The highest BCUT2D eigenvalue weighted by atomic mass is 16.1.